The molecule has 1 aliphatic carbocycles. The number of aliphatic carboxylic acids is 1. The number of pyridine rings is 1. The average molecular weight is 809 g/mol. The number of nitriles is 1. The number of benzene rings is 1. The molecular weight excluding hydrogens is 767 g/mol. The lowest BCUT2D eigenvalue weighted by Crippen LogP contribution is -2.68. The van der Waals surface area contributed by atoms with Crippen LogP contribution in [0, 0.1) is 17.2 Å². The van der Waals surface area contributed by atoms with Crippen LogP contribution in [0.5, 0.6) is 0 Å². The zero-order valence-corrected chi connectivity index (χ0v) is 31.4. The minimum atomic E-state index is -4.91. The molecule has 0 bridgehead atoms. The maximum atomic E-state index is 15.0. The summed E-state index contributed by atoms with van der Waals surface area (Å²) in [6, 6.07) is 10.4. The summed E-state index contributed by atoms with van der Waals surface area (Å²) in [4.78, 5) is 45.9. The molecule has 4 heterocycles. The summed E-state index contributed by atoms with van der Waals surface area (Å²) in [7, 11) is 0. The molecule has 3 atom stereocenters. The number of carboxylic acid groups (broad SMARTS) is 1. The fraction of sp³-hybridized carbons (Fsp3) is 0.564. The average Bonchev–Trinajstić information content (AvgIpc) is 3.63. The van der Waals surface area contributed by atoms with Gasteiger partial charge in [0.25, 0.3) is 11.8 Å². The number of thioether (sulfide) groups is 1. The van der Waals surface area contributed by atoms with Gasteiger partial charge in [0.1, 0.15) is 5.69 Å². The first kappa shape index (κ1) is 41.5. The summed E-state index contributed by atoms with van der Waals surface area (Å²) in [5.74, 6) is -3.16. The molecule has 1 saturated carbocycles. The number of allylic oxidation sites excluding steroid dienone is 1. The number of carbonyl (C=O) groups excluding carboxylic acids is 2. The van der Waals surface area contributed by atoms with Gasteiger partial charge in [-0.05, 0) is 74.3 Å². The van der Waals surface area contributed by atoms with E-state index in [1.807, 2.05) is 12.1 Å². The number of hydrogen-bond donors (Lipinski definition) is 1. The number of alkyl halides is 6. The van der Waals surface area contributed by atoms with Crippen molar-refractivity contribution in [2.45, 2.75) is 107 Å². The Morgan fingerprint density at radius 3 is 2.36 bits per heavy atom. The van der Waals surface area contributed by atoms with Gasteiger partial charge in [0, 0.05) is 31.6 Å². The van der Waals surface area contributed by atoms with Crippen LogP contribution in [0.4, 0.5) is 26.3 Å². The minimum absolute atomic E-state index is 0.00501. The van der Waals surface area contributed by atoms with Crippen molar-refractivity contribution in [1.29, 1.82) is 5.26 Å². The Morgan fingerprint density at radius 1 is 1.02 bits per heavy atom. The van der Waals surface area contributed by atoms with Gasteiger partial charge in [-0.1, -0.05) is 37.6 Å². The summed E-state index contributed by atoms with van der Waals surface area (Å²) in [6.45, 7) is 1.97. The Kier molecular flexibility index (Phi) is 12.1. The highest BCUT2D eigenvalue weighted by Crippen LogP contribution is 2.46. The molecule has 56 heavy (non-hydrogen) atoms. The molecular formula is C39H42F6N4O6S. The third kappa shape index (κ3) is 8.29. The maximum Gasteiger partial charge on any atom is 0.422 e. The third-order valence-corrected chi connectivity index (χ3v) is 12.5. The monoisotopic (exact) mass is 808 g/mol. The molecule has 1 aromatic carbocycles. The molecule has 1 N–H and O–H groups in total. The van der Waals surface area contributed by atoms with E-state index in [-0.39, 0.29) is 70.2 Å². The van der Waals surface area contributed by atoms with E-state index in [2.05, 4.69) is 11.1 Å². The van der Waals surface area contributed by atoms with Crippen LogP contribution in [0.1, 0.15) is 85.5 Å². The number of hydrogen-bond acceptors (Lipinski definition) is 8. The first-order valence-electron chi connectivity index (χ1n) is 18.6. The number of rotatable bonds is 11. The maximum absolute atomic E-state index is 15.0. The molecule has 10 nitrogen and oxygen atoms in total. The Bertz CT molecular complexity index is 1870. The lowest BCUT2D eigenvalue weighted by atomic mass is 9.71. The van der Waals surface area contributed by atoms with Crippen molar-refractivity contribution in [2.24, 2.45) is 5.92 Å². The summed E-state index contributed by atoms with van der Waals surface area (Å²) < 4.78 is 96.0. The van der Waals surface area contributed by atoms with Gasteiger partial charge in [0.05, 0.1) is 52.7 Å². The highest BCUT2D eigenvalue weighted by molar-refractivity contribution is 8.03. The number of ether oxygens (including phenoxy) is 2. The van der Waals surface area contributed by atoms with Crippen molar-refractivity contribution in [3.63, 3.8) is 0 Å². The Balaban J connectivity index is 1.29. The molecule has 3 aliphatic heterocycles. The molecule has 6 rings (SSSR count). The SMILES string of the molecule is CCC[C@H]1N(C(=O)c2ncccc2C(F)(F)F)CCC[C@@]1(OC1C=C(C(F)(F)F)SC1)C(=O)N1CCC(C#N)(c2ccccc2CO[C@H]2C[C@H](C(=O)O)C2)CC1. The molecule has 1 unspecified atom stereocenters. The Labute approximate surface area is 324 Å². The van der Waals surface area contributed by atoms with Gasteiger partial charge in [-0.15, -0.1) is 11.8 Å². The zero-order valence-electron chi connectivity index (χ0n) is 30.6. The number of aromatic nitrogens is 1. The van der Waals surface area contributed by atoms with Gasteiger partial charge < -0.3 is 24.4 Å². The molecule has 17 heteroatoms. The zero-order chi connectivity index (χ0) is 40.5. The van der Waals surface area contributed by atoms with Crippen molar-refractivity contribution in [3.8, 4) is 6.07 Å². The van der Waals surface area contributed by atoms with Crippen LogP contribution in [-0.2, 0) is 37.3 Å². The van der Waals surface area contributed by atoms with Gasteiger partial charge in [-0.2, -0.15) is 31.6 Å². The molecule has 1 aromatic heterocycles. The minimum Gasteiger partial charge on any atom is -0.481 e. The molecule has 0 radical (unpaired) electrons. The predicted octanol–water partition coefficient (Wildman–Crippen LogP) is 7.29. The van der Waals surface area contributed by atoms with Gasteiger partial charge in [-0.25, -0.2) is 0 Å². The lowest BCUT2D eigenvalue weighted by Gasteiger charge is -2.51. The molecule has 4 aliphatic rings. The molecule has 2 amide bonds. The van der Waals surface area contributed by atoms with Crippen molar-refractivity contribution >= 4 is 29.5 Å². The van der Waals surface area contributed by atoms with E-state index in [1.54, 1.807) is 19.1 Å². The number of nitrogens with zero attached hydrogens (tertiary/aromatic N) is 4. The van der Waals surface area contributed by atoms with Crippen LogP contribution in [-0.4, -0.2) is 93.1 Å². The van der Waals surface area contributed by atoms with Crippen LogP contribution in [0.15, 0.2) is 53.6 Å². The van der Waals surface area contributed by atoms with E-state index in [0.717, 1.165) is 30.0 Å². The number of likely N-dealkylation sites (tertiary alicyclic amines) is 2. The Hall–Kier alpha value is -4.14. The normalized spacial score (nSPS) is 26.6. The predicted molar refractivity (Wildman–Crippen MR) is 191 cm³/mol. The second kappa shape index (κ2) is 16.4. The van der Waals surface area contributed by atoms with Crippen molar-refractivity contribution in [2.75, 3.05) is 25.4 Å². The standard InChI is InChI=1S/C39H42F6N4O6S/c1-2-7-30-37(55-27-20-31(56-22-27)39(43,44)45,11-6-15-49(30)33(50)32-29(38(40,41)42)10-5-14-47-32)35(53)48-16-12-36(23-46,13-17-48)28-9-4-3-8-24(28)21-54-26-18-25(19-26)34(51)52/h3-5,8-10,14,20,25-27,30H,2,6-7,11-13,15-19,21-22H2,1H3,(H,51,52)/t25-,26-,27?,30-,37+/m1/s1. The van der Waals surface area contributed by atoms with Crippen LogP contribution in [0.3, 0.4) is 0 Å². The number of carbonyl (C=O) groups is 3. The Morgan fingerprint density at radius 2 is 1.73 bits per heavy atom. The van der Waals surface area contributed by atoms with Gasteiger partial charge in [0.15, 0.2) is 5.60 Å². The molecule has 0 spiro atoms. The van der Waals surface area contributed by atoms with E-state index in [4.69, 9.17) is 9.47 Å². The van der Waals surface area contributed by atoms with Gasteiger partial charge in [-0.3, -0.25) is 19.4 Å². The van der Waals surface area contributed by atoms with E-state index in [9.17, 15) is 46.3 Å². The van der Waals surface area contributed by atoms with Crippen LogP contribution < -0.4 is 0 Å². The summed E-state index contributed by atoms with van der Waals surface area (Å²) in [6.07, 6.45) is -7.32. The first-order chi connectivity index (χ1) is 26.5. The van der Waals surface area contributed by atoms with Gasteiger partial charge >= 0.3 is 18.3 Å². The van der Waals surface area contributed by atoms with Crippen LogP contribution >= 0.6 is 11.8 Å². The van der Waals surface area contributed by atoms with E-state index >= 15 is 4.79 Å². The largest absolute Gasteiger partial charge is 0.481 e. The quantitative estimate of drug-likeness (QED) is 0.233. The number of piperidine rings is 2. The van der Waals surface area contributed by atoms with Crippen LogP contribution in [0.2, 0.25) is 0 Å². The third-order valence-electron chi connectivity index (χ3n) is 11.3. The van der Waals surface area contributed by atoms with E-state index in [1.165, 1.54) is 9.80 Å². The van der Waals surface area contributed by atoms with Crippen LogP contribution in [0.25, 0.3) is 0 Å². The highest BCUT2D eigenvalue weighted by Gasteiger charge is 2.57. The fourth-order valence-corrected chi connectivity index (χ4v) is 9.27. The summed E-state index contributed by atoms with van der Waals surface area (Å²) in [5.41, 5.74) is -3.62. The number of halogens is 6. The second-order valence-electron chi connectivity index (χ2n) is 14.8. The van der Waals surface area contributed by atoms with Crippen molar-refractivity contribution < 1.29 is 55.3 Å². The second-order valence-corrected chi connectivity index (χ2v) is 15.8. The molecule has 2 saturated heterocycles. The summed E-state index contributed by atoms with van der Waals surface area (Å²) in [5, 5.41) is 19.9. The number of carboxylic acids is 1. The number of amides is 2. The van der Waals surface area contributed by atoms with Crippen molar-refractivity contribution in [3.05, 3.63) is 76.0 Å². The van der Waals surface area contributed by atoms with Crippen molar-refractivity contribution in [1.82, 2.24) is 14.8 Å². The molecule has 302 valence electrons. The highest BCUT2D eigenvalue weighted by atomic mass is 32.2. The van der Waals surface area contributed by atoms with E-state index < -0.39 is 75.4 Å². The molecule has 2 aromatic rings. The summed E-state index contributed by atoms with van der Waals surface area (Å²) >= 11 is 0.527. The molecule has 3 fully saturated rings. The first-order valence-corrected chi connectivity index (χ1v) is 19.6. The fourth-order valence-electron chi connectivity index (χ4n) is 8.35. The topological polar surface area (TPSA) is 133 Å². The smallest absolute Gasteiger partial charge is 0.422 e. The van der Waals surface area contributed by atoms with E-state index in [0.29, 0.717) is 36.6 Å². The lowest BCUT2D eigenvalue weighted by molar-refractivity contribution is -0.182. The van der Waals surface area contributed by atoms with Gasteiger partial charge in [0.2, 0.25) is 0 Å².